The van der Waals surface area contributed by atoms with Crippen molar-refractivity contribution in [2.24, 2.45) is 10.9 Å². The van der Waals surface area contributed by atoms with Gasteiger partial charge in [0.05, 0.1) is 18.5 Å². The highest BCUT2D eigenvalue weighted by Crippen LogP contribution is 2.39. The zero-order valence-electron chi connectivity index (χ0n) is 7.90. The number of carbonyl (C=O) groups is 1. The van der Waals surface area contributed by atoms with E-state index in [0.29, 0.717) is 6.54 Å². The monoisotopic (exact) mass is 208 g/mol. The van der Waals surface area contributed by atoms with Gasteiger partial charge in [-0.15, -0.1) is 0 Å². The summed E-state index contributed by atoms with van der Waals surface area (Å²) in [7, 11) is 0. The molecule has 2 fully saturated rings. The molecule has 2 heterocycles. The van der Waals surface area contributed by atoms with Gasteiger partial charge in [-0.05, 0) is 12.8 Å². The van der Waals surface area contributed by atoms with Crippen LogP contribution in [0.1, 0.15) is 19.3 Å². The lowest BCUT2D eigenvalue weighted by atomic mass is 10.0. The SMILES string of the molecule is C=C1CN2C(=O)[C@H]3CCC[C@H]3N=C2S1. The summed E-state index contributed by atoms with van der Waals surface area (Å²) in [5.74, 6) is 0.453. The Morgan fingerprint density at radius 2 is 2.36 bits per heavy atom. The van der Waals surface area contributed by atoms with Gasteiger partial charge in [-0.25, -0.2) is 0 Å². The van der Waals surface area contributed by atoms with Gasteiger partial charge in [0.1, 0.15) is 0 Å². The molecule has 14 heavy (non-hydrogen) atoms. The highest BCUT2D eigenvalue weighted by Gasteiger charge is 2.43. The molecule has 0 aromatic heterocycles. The minimum atomic E-state index is 0.172. The lowest BCUT2D eigenvalue weighted by Gasteiger charge is -2.27. The fourth-order valence-electron chi connectivity index (χ4n) is 2.45. The van der Waals surface area contributed by atoms with Gasteiger partial charge in [-0.2, -0.15) is 0 Å². The quantitative estimate of drug-likeness (QED) is 0.606. The van der Waals surface area contributed by atoms with Crippen LogP contribution in [0.5, 0.6) is 0 Å². The fraction of sp³-hybridized carbons (Fsp3) is 0.600. The van der Waals surface area contributed by atoms with Gasteiger partial charge in [-0.1, -0.05) is 24.8 Å². The van der Waals surface area contributed by atoms with Crippen LogP contribution in [-0.4, -0.2) is 28.6 Å². The highest BCUT2D eigenvalue weighted by atomic mass is 32.2. The molecule has 0 aromatic rings. The van der Waals surface area contributed by atoms with E-state index in [1.807, 2.05) is 0 Å². The Hall–Kier alpha value is -0.770. The number of nitrogens with zero attached hydrogens (tertiary/aromatic N) is 2. The number of hydrogen-bond donors (Lipinski definition) is 0. The second-order valence-electron chi connectivity index (χ2n) is 4.08. The first-order chi connectivity index (χ1) is 6.75. The van der Waals surface area contributed by atoms with Crippen molar-refractivity contribution in [3.8, 4) is 0 Å². The zero-order chi connectivity index (χ0) is 9.71. The van der Waals surface area contributed by atoms with Crippen molar-refractivity contribution in [3.05, 3.63) is 11.5 Å². The van der Waals surface area contributed by atoms with E-state index < -0.39 is 0 Å². The summed E-state index contributed by atoms with van der Waals surface area (Å²) >= 11 is 1.56. The van der Waals surface area contributed by atoms with E-state index >= 15 is 0 Å². The molecule has 74 valence electrons. The minimum Gasteiger partial charge on any atom is -0.286 e. The van der Waals surface area contributed by atoms with E-state index in [1.165, 1.54) is 0 Å². The van der Waals surface area contributed by atoms with Crippen molar-refractivity contribution < 1.29 is 4.79 Å². The molecule has 2 atom stereocenters. The summed E-state index contributed by atoms with van der Waals surface area (Å²) < 4.78 is 0. The van der Waals surface area contributed by atoms with Crippen molar-refractivity contribution in [2.75, 3.05) is 6.54 Å². The van der Waals surface area contributed by atoms with Crippen LogP contribution in [-0.2, 0) is 4.79 Å². The predicted octanol–water partition coefficient (Wildman–Crippen LogP) is 1.61. The van der Waals surface area contributed by atoms with Crippen LogP contribution in [0, 0.1) is 5.92 Å². The van der Waals surface area contributed by atoms with Crippen molar-refractivity contribution >= 4 is 22.8 Å². The standard InChI is InChI=1S/C10H12N2OS/c1-6-5-12-9(13)7-3-2-4-8(7)11-10(12)14-6/h7-8H,1-5H2/t7-,8+/m0/s1. The van der Waals surface area contributed by atoms with Crippen molar-refractivity contribution in [2.45, 2.75) is 25.3 Å². The van der Waals surface area contributed by atoms with Crippen LogP contribution in [0.25, 0.3) is 0 Å². The van der Waals surface area contributed by atoms with E-state index in [9.17, 15) is 4.79 Å². The predicted molar refractivity (Wildman–Crippen MR) is 57.0 cm³/mol. The molecule has 3 nitrogen and oxygen atoms in total. The van der Waals surface area contributed by atoms with Gasteiger partial charge in [0, 0.05) is 4.91 Å². The maximum absolute atomic E-state index is 12.0. The molecule has 0 unspecified atom stereocenters. The lowest BCUT2D eigenvalue weighted by molar-refractivity contribution is -0.131. The largest absolute Gasteiger partial charge is 0.286 e. The minimum absolute atomic E-state index is 0.172. The van der Waals surface area contributed by atoms with E-state index in [2.05, 4.69) is 11.6 Å². The number of amidine groups is 1. The Morgan fingerprint density at radius 1 is 1.50 bits per heavy atom. The third-order valence-electron chi connectivity index (χ3n) is 3.14. The number of carbonyl (C=O) groups excluding carboxylic acids is 1. The van der Waals surface area contributed by atoms with Crippen LogP contribution in [0.3, 0.4) is 0 Å². The molecule has 3 aliphatic rings. The number of rotatable bonds is 0. The first kappa shape index (κ1) is 8.53. The van der Waals surface area contributed by atoms with Crippen molar-refractivity contribution in [3.63, 3.8) is 0 Å². The zero-order valence-corrected chi connectivity index (χ0v) is 8.72. The molecule has 0 N–H and O–H groups in total. The third-order valence-corrected chi connectivity index (χ3v) is 4.07. The van der Waals surface area contributed by atoms with Gasteiger partial charge in [-0.3, -0.25) is 14.7 Å². The van der Waals surface area contributed by atoms with Gasteiger partial charge in [0.25, 0.3) is 0 Å². The second kappa shape index (κ2) is 2.86. The first-order valence-electron chi connectivity index (χ1n) is 5.00. The maximum atomic E-state index is 12.0. The number of thioether (sulfide) groups is 1. The van der Waals surface area contributed by atoms with Gasteiger partial charge in [0.15, 0.2) is 5.17 Å². The summed E-state index contributed by atoms with van der Waals surface area (Å²) in [6, 6.07) is 0.271. The summed E-state index contributed by atoms with van der Waals surface area (Å²) in [4.78, 5) is 19.5. The number of aliphatic imine (C=N–C) groups is 1. The summed E-state index contributed by atoms with van der Waals surface area (Å²) in [5.41, 5.74) is 0. The molecule has 1 amide bonds. The molecular formula is C10H12N2OS. The Bertz CT molecular complexity index is 350. The van der Waals surface area contributed by atoms with Crippen molar-refractivity contribution in [1.29, 1.82) is 0 Å². The van der Waals surface area contributed by atoms with Crippen LogP contribution in [0.4, 0.5) is 0 Å². The average Bonchev–Trinajstić information content (AvgIpc) is 2.71. The van der Waals surface area contributed by atoms with E-state index in [1.54, 1.807) is 16.7 Å². The smallest absolute Gasteiger partial charge is 0.234 e. The van der Waals surface area contributed by atoms with E-state index in [-0.39, 0.29) is 17.9 Å². The molecule has 1 saturated heterocycles. The Labute approximate surface area is 87.3 Å². The molecular weight excluding hydrogens is 196 g/mol. The first-order valence-corrected chi connectivity index (χ1v) is 5.82. The molecule has 0 aromatic carbocycles. The molecule has 0 bridgehead atoms. The fourth-order valence-corrected chi connectivity index (χ4v) is 3.36. The molecule has 1 aliphatic carbocycles. The Kier molecular flexibility index (Phi) is 1.74. The second-order valence-corrected chi connectivity index (χ2v) is 5.23. The normalized spacial score (nSPS) is 35.7. The third kappa shape index (κ3) is 1.06. The van der Waals surface area contributed by atoms with E-state index in [4.69, 9.17) is 0 Å². The van der Waals surface area contributed by atoms with Crippen molar-refractivity contribution in [1.82, 2.24) is 4.90 Å². The average molecular weight is 208 g/mol. The molecule has 3 rings (SSSR count). The van der Waals surface area contributed by atoms with Gasteiger partial charge < -0.3 is 0 Å². The van der Waals surface area contributed by atoms with Crippen LogP contribution in [0.15, 0.2) is 16.5 Å². The molecule has 4 heteroatoms. The topological polar surface area (TPSA) is 32.7 Å². The van der Waals surface area contributed by atoms with Gasteiger partial charge >= 0.3 is 0 Å². The maximum Gasteiger partial charge on any atom is 0.234 e. The molecule has 1 saturated carbocycles. The number of fused-ring (bicyclic) bond motifs is 2. The van der Waals surface area contributed by atoms with Gasteiger partial charge in [0.2, 0.25) is 5.91 Å². The number of hydrogen-bond acceptors (Lipinski definition) is 3. The lowest BCUT2D eigenvalue weighted by Crippen LogP contribution is -2.43. The van der Waals surface area contributed by atoms with Crippen LogP contribution >= 0.6 is 11.8 Å². The summed E-state index contributed by atoms with van der Waals surface area (Å²) in [6.07, 6.45) is 3.26. The Morgan fingerprint density at radius 3 is 3.21 bits per heavy atom. The van der Waals surface area contributed by atoms with E-state index in [0.717, 1.165) is 29.3 Å². The molecule has 2 aliphatic heterocycles. The van der Waals surface area contributed by atoms with Crippen LogP contribution in [0.2, 0.25) is 0 Å². The summed E-state index contributed by atoms with van der Waals surface area (Å²) in [6.45, 7) is 4.57. The highest BCUT2D eigenvalue weighted by molar-refractivity contribution is 8.17. The molecule has 0 radical (unpaired) electrons. The van der Waals surface area contributed by atoms with Crippen LogP contribution < -0.4 is 0 Å². The molecule has 0 spiro atoms. The summed E-state index contributed by atoms with van der Waals surface area (Å²) in [5, 5.41) is 0.892. The number of amides is 1. The Balaban J connectivity index is 1.99.